The molecule has 0 aliphatic heterocycles. The molecule has 0 unspecified atom stereocenters. The van der Waals surface area contributed by atoms with Crippen LogP contribution in [-0.4, -0.2) is 28.7 Å². The van der Waals surface area contributed by atoms with Crippen molar-refractivity contribution in [2.24, 2.45) is 0 Å². The molecule has 7 nitrogen and oxygen atoms in total. The largest absolute Gasteiger partial charge is 2.00 e. The van der Waals surface area contributed by atoms with E-state index in [-0.39, 0.29) is 20.4 Å². The fraction of sp³-hybridized carbons (Fsp3) is 0.125. The molecular weight excluding hydrogens is 783 g/mol. The Kier molecular flexibility index (Phi) is 7.93. The third-order valence-corrected chi connectivity index (χ3v) is 11.0. The number of hydrogen-bond acceptors (Lipinski definition) is 5. The maximum atomic E-state index is 6.60. The van der Waals surface area contributed by atoms with E-state index in [0.29, 0.717) is 23.3 Å². The van der Waals surface area contributed by atoms with Gasteiger partial charge in [0.15, 0.2) is 0 Å². The number of hydrogen-bond donors (Lipinski definition) is 0. The van der Waals surface area contributed by atoms with Gasteiger partial charge in [0.25, 0.3) is 0 Å². The molecule has 5 heterocycles. The summed E-state index contributed by atoms with van der Waals surface area (Å²) < 4.78 is 11.0. The molecule has 11 rings (SSSR count). The fourth-order valence-corrected chi connectivity index (χ4v) is 8.51. The number of aromatic nitrogens is 6. The van der Waals surface area contributed by atoms with Gasteiger partial charge in [-0.15, -0.1) is 12.1 Å². The minimum atomic E-state index is 0. The summed E-state index contributed by atoms with van der Waals surface area (Å²) in [5.41, 5.74) is 12.6. The van der Waals surface area contributed by atoms with Crippen molar-refractivity contribution in [3.63, 3.8) is 0 Å². The van der Waals surface area contributed by atoms with E-state index < -0.39 is 0 Å². The van der Waals surface area contributed by atoms with Gasteiger partial charge in [0.05, 0.1) is 33.4 Å². The molecule has 8 heteroatoms. The standard InChI is InChI=1S/C48H34N6O.Pd/c1-27(2)32-10-9-11-33(28(3)4)45(32)29-16-19-36-34-20-17-30(23-37(34)47-51-40-12-5-7-14-42(40)53(47)44(36)22-29)55-31-18-21-35-38(24-31)48-52-41-13-6-8-15-43(41)54(48)46-39(35)25-49-26-50-46;/h5-22,25-28H,1-4H3;/q-2;+2. The summed E-state index contributed by atoms with van der Waals surface area (Å²) in [7, 11) is 0. The molecular formula is C48H34N6OPd. The van der Waals surface area contributed by atoms with Crippen LogP contribution in [0.1, 0.15) is 50.7 Å². The van der Waals surface area contributed by atoms with E-state index in [1.807, 2.05) is 48.7 Å². The maximum absolute atomic E-state index is 6.60. The first-order valence-corrected chi connectivity index (χ1v) is 18.8. The van der Waals surface area contributed by atoms with Crippen molar-refractivity contribution >= 4 is 76.8 Å². The van der Waals surface area contributed by atoms with E-state index in [9.17, 15) is 0 Å². The van der Waals surface area contributed by atoms with Crippen LogP contribution in [-0.2, 0) is 20.4 Å². The molecule has 0 saturated carbocycles. The summed E-state index contributed by atoms with van der Waals surface area (Å²) in [5, 5.41) is 5.81. The molecule has 272 valence electrons. The van der Waals surface area contributed by atoms with Gasteiger partial charge in [-0.2, -0.15) is 0 Å². The molecule has 0 aliphatic rings. The second-order valence-corrected chi connectivity index (χ2v) is 15.0. The SMILES string of the molecule is CC(C)c1cccc(C(C)C)c1-c1ccc2c3ccc(Oc4[c-]c5c(cc4)c4cncnc4n4c6ccccc6nc54)[c-]c3c3nc4ccccc4n3c2c1.[Pd+2]. The minimum Gasteiger partial charge on any atom is -0.497 e. The summed E-state index contributed by atoms with van der Waals surface area (Å²) in [4.78, 5) is 19.2. The molecule has 0 spiro atoms. The van der Waals surface area contributed by atoms with Crippen LogP contribution in [0.25, 0.3) is 88.0 Å². The molecule has 0 radical (unpaired) electrons. The fourth-order valence-electron chi connectivity index (χ4n) is 8.51. The quantitative estimate of drug-likeness (QED) is 0.0983. The van der Waals surface area contributed by atoms with E-state index >= 15 is 0 Å². The van der Waals surface area contributed by atoms with Crippen molar-refractivity contribution in [2.45, 2.75) is 39.5 Å². The van der Waals surface area contributed by atoms with E-state index in [4.69, 9.17) is 14.7 Å². The molecule has 0 amide bonds. The topological polar surface area (TPSA) is 69.6 Å². The van der Waals surface area contributed by atoms with E-state index in [1.165, 1.54) is 22.3 Å². The first kappa shape index (κ1) is 34.3. The Balaban J connectivity index is 0.00000384. The Morgan fingerprint density at radius 1 is 0.554 bits per heavy atom. The third kappa shape index (κ3) is 5.06. The third-order valence-electron chi connectivity index (χ3n) is 11.0. The van der Waals surface area contributed by atoms with Gasteiger partial charge in [0, 0.05) is 28.6 Å². The minimum absolute atomic E-state index is 0. The van der Waals surface area contributed by atoms with Gasteiger partial charge in [-0.05, 0) is 69.8 Å². The van der Waals surface area contributed by atoms with Gasteiger partial charge >= 0.3 is 20.4 Å². The number of para-hydroxylation sites is 4. The van der Waals surface area contributed by atoms with Gasteiger partial charge < -0.3 is 13.5 Å². The number of ether oxygens (including phenoxy) is 1. The van der Waals surface area contributed by atoms with Gasteiger partial charge in [-0.3, -0.25) is 9.97 Å². The molecule has 6 aromatic carbocycles. The Morgan fingerprint density at radius 3 is 1.77 bits per heavy atom. The van der Waals surface area contributed by atoms with Crippen LogP contribution in [0.3, 0.4) is 0 Å². The van der Waals surface area contributed by atoms with Gasteiger partial charge in [-0.25, -0.2) is 9.97 Å². The van der Waals surface area contributed by atoms with Crippen molar-refractivity contribution in [2.75, 3.05) is 0 Å². The number of benzene rings is 6. The second-order valence-electron chi connectivity index (χ2n) is 15.0. The zero-order valence-electron chi connectivity index (χ0n) is 31.1. The second kappa shape index (κ2) is 12.9. The summed E-state index contributed by atoms with van der Waals surface area (Å²) >= 11 is 0. The van der Waals surface area contributed by atoms with Crippen molar-refractivity contribution in [3.8, 4) is 22.6 Å². The van der Waals surface area contributed by atoms with Crippen LogP contribution < -0.4 is 4.74 Å². The summed E-state index contributed by atoms with van der Waals surface area (Å²) in [6, 6.07) is 45.4. The Bertz CT molecular complexity index is 3350. The molecule has 0 N–H and O–H groups in total. The van der Waals surface area contributed by atoms with Crippen LogP contribution in [0.5, 0.6) is 11.5 Å². The predicted octanol–water partition coefficient (Wildman–Crippen LogP) is 12.0. The number of pyridine rings is 2. The number of rotatable bonds is 5. The smallest absolute Gasteiger partial charge is 0.497 e. The Morgan fingerprint density at radius 2 is 1.12 bits per heavy atom. The van der Waals surface area contributed by atoms with Crippen LogP contribution >= 0.6 is 0 Å². The van der Waals surface area contributed by atoms with Crippen LogP contribution in [0, 0.1) is 12.1 Å². The van der Waals surface area contributed by atoms with Gasteiger partial charge in [-0.1, -0.05) is 128 Å². The first-order chi connectivity index (χ1) is 26.9. The average Bonchev–Trinajstić information content (AvgIpc) is 3.81. The van der Waals surface area contributed by atoms with E-state index in [2.05, 4.69) is 125 Å². The Labute approximate surface area is 336 Å². The summed E-state index contributed by atoms with van der Waals surface area (Å²) in [5.74, 6) is 1.92. The van der Waals surface area contributed by atoms with Crippen LogP contribution in [0.15, 0.2) is 122 Å². The van der Waals surface area contributed by atoms with E-state index in [0.717, 1.165) is 76.8 Å². The molecule has 0 fully saturated rings. The monoisotopic (exact) mass is 816 g/mol. The zero-order chi connectivity index (χ0) is 36.9. The number of fused-ring (bicyclic) bond motifs is 16. The number of imidazole rings is 2. The summed E-state index contributed by atoms with van der Waals surface area (Å²) in [6.07, 6.45) is 3.43. The summed E-state index contributed by atoms with van der Waals surface area (Å²) in [6.45, 7) is 9.12. The molecule has 0 saturated heterocycles. The molecule has 5 aromatic heterocycles. The van der Waals surface area contributed by atoms with Crippen molar-refractivity contribution in [1.82, 2.24) is 28.7 Å². The van der Waals surface area contributed by atoms with Gasteiger partial charge in [0.1, 0.15) is 12.0 Å². The van der Waals surface area contributed by atoms with Crippen molar-refractivity contribution < 1.29 is 25.2 Å². The average molecular weight is 817 g/mol. The van der Waals surface area contributed by atoms with E-state index in [1.54, 1.807) is 6.33 Å². The molecule has 56 heavy (non-hydrogen) atoms. The maximum Gasteiger partial charge on any atom is 2.00 e. The zero-order valence-corrected chi connectivity index (χ0v) is 32.7. The van der Waals surface area contributed by atoms with Gasteiger partial charge in [0.2, 0.25) is 0 Å². The molecule has 0 atom stereocenters. The first-order valence-electron chi connectivity index (χ1n) is 18.8. The molecule has 0 bridgehead atoms. The normalized spacial score (nSPS) is 12.1. The predicted molar refractivity (Wildman–Crippen MR) is 222 cm³/mol. The number of nitrogens with zero attached hydrogens (tertiary/aromatic N) is 6. The van der Waals surface area contributed by atoms with Crippen molar-refractivity contribution in [3.05, 3.63) is 145 Å². The van der Waals surface area contributed by atoms with Crippen LogP contribution in [0.4, 0.5) is 0 Å². The molecule has 0 aliphatic carbocycles. The molecule has 11 aromatic rings. The van der Waals surface area contributed by atoms with Crippen LogP contribution in [0.2, 0.25) is 0 Å². The van der Waals surface area contributed by atoms with Crippen molar-refractivity contribution in [1.29, 1.82) is 0 Å². The Hall–Kier alpha value is -6.20.